The molecule has 7 nitrogen and oxygen atoms in total. The van der Waals surface area contributed by atoms with Crippen LogP contribution in [0.15, 0.2) is 27.0 Å². The van der Waals surface area contributed by atoms with Crippen molar-refractivity contribution in [2.75, 3.05) is 4.72 Å². The van der Waals surface area contributed by atoms with Gasteiger partial charge in [-0.3, -0.25) is 14.8 Å². The number of aryl methyl sites for hydroxylation is 1. The normalized spacial score (nSPS) is 11.4. The van der Waals surface area contributed by atoms with E-state index >= 15 is 0 Å². The van der Waals surface area contributed by atoms with Gasteiger partial charge in [0, 0.05) is 6.07 Å². The van der Waals surface area contributed by atoms with Crippen LogP contribution in [-0.4, -0.2) is 18.3 Å². The van der Waals surface area contributed by atoms with Crippen molar-refractivity contribution in [2.45, 2.75) is 11.8 Å². The van der Waals surface area contributed by atoms with Gasteiger partial charge in [-0.15, -0.1) is 0 Å². The van der Waals surface area contributed by atoms with Gasteiger partial charge in [0.25, 0.3) is 10.0 Å². The van der Waals surface area contributed by atoms with Crippen LogP contribution in [0, 0.1) is 22.9 Å². The number of nitrogens with one attached hydrogen (secondary N) is 1. The third-order valence-electron chi connectivity index (χ3n) is 2.43. The molecule has 2 aromatic rings. The average molecular weight is 396 g/mol. The molecule has 1 aromatic heterocycles. The fraction of sp³-hybridized carbons (Fsp3) is 0.100. The van der Waals surface area contributed by atoms with E-state index in [4.69, 9.17) is 0 Å². The van der Waals surface area contributed by atoms with E-state index in [9.17, 15) is 22.9 Å². The topological polar surface area (TPSA) is 102 Å². The highest BCUT2D eigenvalue weighted by Crippen LogP contribution is 2.29. The van der Waals surface area contributed by atoms with Gasteiger partial charge in [-0.2, -0.15) is 4.39 Å². The molecule has 0 aliphatic heterocycles. The number of halogens is 2. The number of sulfonamides is 1. The van der Waals surface area contributed by atoms with Gasteiger partial charge < -0.3 is 0 Å². The Balaban J connectivity index is 2.49. The van der Waals surface area contributed by atoms with Crippen LogP contribution in [0.3, 0.4) is 0 Å². The summed E-state index contributed by atoms with van der Waals surface area (Å²) in [6, 6.07) is 1.50. The Labute approximate surface area is 131 Å². The molecule has 0 bridgehead atoms. The molecule has 0 radical (unpaired) electrons. The van der Waals surface area contributed by atoms with E-state index in [1.807, 2.05) is 0 Å². The van der Waals surface area contributed by atoms with Crippen LogP contribution in [0.5, 0.6) is 0 Å². The van der Waals surface area contributed by atoms with E-state index in [2.05, 4.69) is 25.6 Å². The van der Waals surface area contributed by atoms with E-state index < -0.39 is 26.5 Å². The molecule has 0 spiro atoms. The van der Waals surface area contributed by atoms with Crippen LogP contribution in [-0.2, 0) is 10.0 Å². The quantitative estimate of drug-likeness (QED) is 0.632. The first kappa shape index (κ1) is 15.8. The molecule has 0 aliphatic rings. The molecule has 112 valence electrons. The zero-order valence-electron chi connectivity index (χ0n) is 10.3. The molecule has 0 fully saturated rings. The van der Waals surface area contributed by atoms with Crippen molar-refractivity contribution in [2.24, 2.45) is 0 Å². The number of nitro groups is 1. The van der Waals surface area contributed by atoms with Crippen LogP contribution in [0.4, 0.5) is 15.2 Å². The minimum atomic E-state index is -4.10. The molecule has 1 aromatic carbocycles. The van der Waals surface area contributed by atoms with Crippen molar-refractivity contribution in [3.63, 3.8) is 0 Å². The SMILES string of the molecule is Cc1cc(F)c([N+](=O)[O-])cc1S(=O)(=O)Nc1ncc(Br)s1. The van der Waals surface area contributed by atoms with Gasteiger partial charge in [0.2, 0.25) is 5.82 Å². The van der Waals surface area contributed by atoms with E-state index in [1.165, 1.54) is 13.1 Å². The fourth-order valence-corrected chi connectivity index (χ4v) is 4.14. The predicted octanol–water partition coefficient (Wildman–Crippen LogP) is 3.06. The number of thiazole rings is 1. The Bertz CT molecular complexity index is 822. The van der Waals surface area contributed by atoms with Crippen LogP contribution in [0.2, 0.25) is 0 Å². The Morgan fingerprint density at radius 2 is 2.14 bits per heavy atom. The second-order valence-electron chi connectivity index (χ2n) is 3.90. The summed E-state index contributed by atoms with van der Waals surface area (Å²) in [6.07, 6.45) is 1.41. The second kappa shape index (κ2) is 5.66. The Morgan fingerprint density at radius 3 is 2.67 bits per heavy atom. The third-order valence-corrected chi connectivity index (χ3v) is 5.43. The Hall–Kier alpha value is -1.59. The number of anilines is 1. The molecular formula is C10H7BrFN3O4S2. The summed E-state index contributed by atoms with van der Waals surface area (Å²) >= 11 is 4.17. The molecule has 0 atom stereocenters. The van der Waals surface area contributed by atoms with E-state index in [-0.39, 0.29) is 15.6 Å². The number of aromatic nitrogens is 1. The van der Waals surface area contributed by atoms with Crippen molar-refractivity contribution < 1.29 is 17.7 Å². The number of hydrogen-bond acceptors (Lipinski definition) is 6. The number of nitro benzene ring substituents is 1. The van der Waals surface area contributed by atoms with E-state index in [0.717, 1.165) is 17.4 Å². The van der Waals surface area contributed by atoms with Crippen LogP contribution in [0.25, 0.3) is 0 Å². The summed E-state index contributed by atoms with van der Waals surface area (Å²) in [6.45, 7) is 1.35. The van der Waals surface area contributed by atoms with Gasteiger partial charge in [0.05, 0.1) is 19.8 Å². The number of rotatable bonds is 4. The predicted molar refractivity (Wildman–Crippen MR) is 78.4 cm³/mol. The Morgan fingerprint density at radius 1 is 1.48 bits per heavy atom. The zero-order chi connectivity index (χ0) is 15.8. The first-order chi connectivity index (χ1) is 9.70. The fourth-order valence-electron chi connectivity index (χ4n) is 1.54. The van der Waals surface area contributed by atoms with Gasteiger partial charge >= 0.3 is 5.69 Å². The van der Waals surface area contributed by atoms with Crippen molar-refractivity contribution >= 4 is 48.1 Å². The summed E-state index contributed by atoms with van der Waals surface area (Å²) < 4.78 is 40.7. The molecule has 1 N–H and O–H groups in total. The number of benzene rings is 1. The maximum atomic E-state index is 13.4. The first-order valence-electron chi connectivity index (χ1n) is 5.29. The number of nitrogens with zero attached hydrogens (tertiary/aromatic N) is 2. The zero-order valence-corrected chi connectivity index (χ0v) is 13.6. The minimum absolute atomic E-state index is 0.0567. The van der Waals surface area contributed by atoms with E-state index in [0.29, 0.717) is 9.85 Å². The highest BCUT2D eigenvalue weighted by atomic mass is 79.9. The second-order valence-corrected chi connectivity index (χ2v) is 7.96. The maximum Gasteiger partial charge on any atom is 0.306 e. The molecule has 21 heavy (non-hydrogen) atoms. The summed E-state index contributed by atoms with van der Waals surface area (Å²) in [5, 5.41) is 10.8. The van der Waals surface area contributed by atoms with Gasteiger partial charge in [0.15, 0.2) is 5.13 Å². The lowest BCUT2D eigenvalue weighted by Crippen LogP contribution is -2.14. The van der Waals surface area contributed by atoms with Crippen LogP contribution >= 0.6 is 27.3 Å². The highest BCUT2D eigenvalue weighted by Gasteiger charge is 2.25. The molecule has 0 amide bonds. The maximum absolute atomic E-state index is 13.4. The van der Waals surface area contributed by atoms with Crippen molar-refractivity contribution in [1.82, 2.24) is 4.98 Å². The van der Waals surface area contributed by atoms with Gasteiger partial charge in [0.1, 0.15) is 0 Å². The van der Waals surface area contributed by atoms with Gasteiger partial charge in [-0.1, -0.05) is 11.3 Å². The molecule has 0 saturated heterocycles. The largest absolute Gasteiger partial charge is 0.306 e. The third kappa shape index (κ3) is 3.36. The molecule has 11 heteroatoms. The summed E-state index contributed by atoms with van der Waals surface area (Å²) in [5.74, 6) is -1.09. The van der Waals surface area contributed by atoms with Crippen LogP contribution < -0.4 is 4.72 Å². The molecule has 0 aliphatic carbocycles. The molecule has 0 saturated carbocycles. The van der Waals surface area contributed by atoms with Crippen molar-refractivity contribution in [3.05, 3.63) is 43.6 Å². The van der Waals surface area contributed by atoms with Gasteiger partial charge in [-0.25, -0.2) is 13.4 Å². The van der Waals surface area contributed by atoms with Crippen LogP contribution in [0.1, 0.15) is 5.56 Å². The lowest BCUT2D eigenvalue weighted by atomic mass is 10.2. The summed E-state index contributed by atoms with van der Waals surface area (Å²) in [5.41, 5.74) is -0.845. The van der Waals surface area contributed by atoms with Crippen molar-refractivity contribution in [1.29, 1.82) is 0 Å². The standard InChI is InChI=1S/C10H7BrFN3O4S2/c1-5-2-6(12)7(15(16)17)3-8(5)21(18,19)14-10-13-4-9(11)20-10/h2-4H,1H3,(H,13,14). The molecule has 0 unspecified atom stereocenters. The summed E-state index contributed by atoms with van der Waals surface area (Å²) in [4.78, 5) is 13.2. The summed E-state index contributed by atoms with van der Waals surface area (Å²) in [7, 11) is -4.10. The minimum Gasteiger partial charge on any atom is -0.258 e. The average Bonchev–Trinajstić information content (AvgIpc) is 2.72. The molecule has 1 heterocycles. The van der Waals surface area contributed by atoms with Crippen molar-refractivity contribution in [3.8, 4) is 0 Å². The van der Waals surface area contributed by atoms with E-state index in [1.54, 1.807) is 0 Å². The lowest BCUT2D eigenvalue weighted by molar-refractivity contribution is -0.387. The molecule has 2 rings (SSSR count). The first-order valence-corrected chi connectivity index (χ1v) is 8.38. The molecular weight excluding hydrogens is 389 g/mol. The monoisotopic (exact) mass is 395 g/mol. The Kier molecular flexibility index (Phi) is 4.25. The smallest absolute Gasteiger partial charge is 0.258 e. The highest BCUT2D eigenvalue weighted by molar-refractivity contribution is 9.11. The number of hydrogen-bond donors (Lipinski definition) is 1. The lowest BCUT2D eigenvalue weighted by Gasteiger charge is -2.08. The van der Waals surface area contributed by atoms with Gasteiger partial charge in [-0.05, 0) is 34.5 Å².